The lowest BCUT2D eigenvalue weighted by molar-refractivity contribution is 0.379. The molecule has 3 rings (SSSR count). The molecule has 4 nitrogen and oxygen atoms in total. The average molecular weight is 406 g/mol. The number of rotatable bonds is 1. The molecule has 0 saturated carbocycles. The molecule has 0 aromatic carbocycles. The zero-order valence-corrected chi connectivity index (χ0v) is 14.4. The number of hydrogen-bond donors (Lipinski definition) is 2. The van der Waals surface area contributed by atoms with Gasteiger partial charge in [-0.1, -0.05) is 15.9 Å². The van der Waals surface area contributed by atoms with Crippen molar-refractivity contribution in [2.75, 3.05) is 13.1 Å². The maximum atomic E-state index is 8.22. The lowest BCUT2D eigenvalue weighted by Crippen LogP contribution is -2.66. The molecule has 19 heavy (non-hydrogen) atoms. The van der Waals surface area contributed by atoms with E-state index in [2.05, 4.69) is 60.5 Å². The van der Waals surface area contributed by atoms with E-state index in [9.17, 15) is 0 Å². The SMILES string of the molecule is C[C@]1(c2cc(Br)cs2)NC(=N)N2CCCN=C2C1Br. The number of nitrogens with zero attached hydrogens (tertiary/aromatic N) is 2. The van der Waals surface area contributed by atoms with Crippen LogP contribution in [0.25, 0.3) is 0 Å². The van der Waals surface area contributed by atoms with Gasteiger partial charge in [0.25, 0.3) is 0 Å². The van der Waals surface area contributed by atoms with Crippen molar-refractivity contribution in [3.8, 4) is 0 Å². The summed E-state index contributed by atoms with van der Waals surface area (Å²) in [7, 11) is 0. The lowest BCUT2D eigenvalue weighted by atomic mass is 9.92. The van der Waals surface area contributed by atoms with Crippen LogP contribution in [-0.4, -0.2) is 34.6 Å². The first-order chi connectivity index (χ1) is 9.02. The van der Waals surface area contributed by atoms with Gasteiger partial charge in [0.15, 0.2) is 5.96 Å². The van der Waals surface area contributed by atoms with Crippen LogP contribution in [0, 0.1) is 5.41 Å². The fourth-order valence-corrected chi connectivity index (χ4v) is 4.95. The van der Waals surface area contributed by atoms with Crippen LogP contribution in [0.2, 0.25) is 0 Å². The van der Waals surface area contributed by atoms with Crippen LogP contribution < -0.4 is 5.32 Å². The zero-order chi connectivity index (χ0) is 13.6. The monoisotopic (exact) mass is 404 g/mol. The normalized spacial score (nSPS) is 30.7. The summed E-state index contributed by atoms with van der Waals surface area (Å²) in [5.74, 6) is 1.42. The third-order valence-corrected chi connectivity index (χ3v) is 6.80. The minimum Gasteiger partial charge on any atom is -0.344 e. The molecule has 3 heterocycles. The molecule has 1 aromatic rings. The molecular formula is C12H14Br2N4S. The van der Waals surface area contributed by atoms with Crippen LogP contribution in [0.1, 0.15) is 18.2 Å². The van der Waals surface area contributed by atoms with E-state index in [1.54, 1.807) is 11.3 Å². The summed E-state index contributed by atoms with van der Waals surface area (Å²) in [6, 6.07) is 2.11. The van der Waals surface area contributed by atoms with E-state index in [1.807, 2.05) is 4.90 Å². The maximum absolute atomic E-state index is 8.22. The summed E-state index contributed by atoms with van der Waals surface area (Å²) in [5, 5.41) is 13.6. The van der Waals surface area contributed by atoms with Gasteiger partial charge in [-0.25, -0.2) is 0 Å². The largest absolute Gasteiger partial charge is 0.344 e. The quantitative estimate of drug-likeness (QED) is 0.705. The van der Waals surface area contributed by atoms with Crippen molar-refractivity contribution in [1.29, 1.82) is 5.41 Å². The Morgan fingerprint density at radius 3 is 3.11 bits per heavy atom. The van der Waals surface area contributed by atoms with Gasteiger partial charge in [-0.15, -0.1) is 11.3 Å². The molecule has 1 saturated heterocycles. The highest BCUT2D eigenvalue weighted by molar-refractivity contribution is 9.10. The Balaban J connectivity index is 2.03. The number of fused-ring (bicyclic) bond motifs is 1. The number of aliphatic imine (C=N–C) groups is 1. The van der Waals surface area contributed by atoms with E-state index in [1.165, 1.54) is 4.88 Å². The predicted molar refractivity (Wildman–Crippen MR) is 86.6 cm³/mol. The van der Waals surface area contributed by atoms with E-state index in [0.717, 1.165) is 29.8 Å². The van der Waals surface area contributed by atoms with Crippen molar-refractivity contribution in [1.82, 2.24) is 10.2 Å². The fraction of sp³-hybridized carbons (Fsp3) is 0.500. The fourth-order valence-electron chi connectivity index (χ4n) is 2.47. The third-order valence-electron chi connectivity index (χ3n) is 3.55. The highest BCUT2D eigenvalue weighted by atomic mass is 79.9. The van der Waals surface area contributed by atoms with E-state index < -0.39 is 0 Å². The number of amidine groups is 1. The predicted octanol–water partition coefficient (Wildman–Crippen LogP) is 3.13. The number of nitrogens with one attached hydrogen (secondary N) is 2. The second-order valence-electron chi connectivity index (χ2n) is 4.91. The second-order valence-corrected chi connectivity index (χ2v) is 7.66. The molecule has 2 aliphatic rings. The number of alkyl halides is 1. The van der Waals surface area contributed by atoms with Gasteiger partial charge >= 0.3 is 0 Å². The van der Waals surface area contributed by atoms with Gasteiger partial charge in [-0.2, -0.15) is 0 Å². The molecular weight excluding hydrogens is 392 g/mol. The van der Waals surface area contributed by atoms with E-state index in [4.69, 9.17) is 5.41 Å². The Hall–Kier alpha value is -0.400. The highest BCUT2D eigenvalue weighted by Crippen LogP contribution is 2.39. The van der Waals surface area contributed by atoms with Gasteiger partial charge in [0.05, 0.1) is 5.54 Å². The topological polar surface area (TPSA) is 51.5 Å². The Bertz CT molecular complexity index is 556. The van der Waals surface area contributed by atoms with Crippen molar-refractivity contribution >= 4 is 55.0 Å². The van der Waals surface area contributed by atoms with Crippen molar-refractivity contribution in [3.05, 3.63) is 20.8 Å². The van der Waals surface area contributed by atoms with E-state index in [0.29, 0.717) is 5.96 Å². The van der Waals surface area contributed by atoms with Crippen LogP contribution >= 0.6 is 43.2 Å². The molecule has 1 aromatic heterocycles. The molecule has 1 fully saturated rings. The summed E-state index contributed by atoms with van der Waals surface area (Å²) in [4.78, 5) is 7.85. The molecule has 2 atom stereocenters. The third kappa shape index (κ3) is 2.15. The second kappa shape index (κ2) is 4.86. The van der Waals surface area contributed by atoms with E-state index >= 15 is 0 Å². The summed E-state index contributed by atoms with van der Waals surface area (Å²) in [6.07, 6.45) is 1.01. The van der Waals surface area contributed by atoms with Gasteiger partial charge in [0.1, 0.15) is 10.7 Å². The number of guanidine groups is 1. The molecule has 102 valence electrons. The Morgan fingerprint density at radius 2 is 2.42 bits per heavy atom. The maximum Gasteiger partial charge on any atom is 0.197 e. The summed E-state index contributed by atoms with van der Waals surface area (Å²) in [6.45, 7) is 3.84. The molecule has 1 unspecified atom stereocenters. The molecule has 0 spiro atoms. The van der Waals surface area contributed by atoms with Crippen molar-refractivity contribution < 1.29 is 0 Å². The first kappa shape index (κ1) is 13.6. The molecule has 0 bridgehead atoms. The van der Waals surface area contributed by atoms with Gasteiger partial charge in [-0.3, -0.25) is 15.3 Å². The summed E-state index contributed by atoms with van der Waals surface area (Å²) < 4.78 is 1.08. The zero-order valence-electron chi connectivity index (χ0n) is 10.4. The first-order valence-electron chi connectivity index (χ1n) is 6.09. The Kier molecular flexibility index (Phi) is 3.47. The number of halogens is 2. The van der Waals surface area contributed by atoms with Gasteiger partial charge in [0, 0.05) is 27.8 Å². The van der Waals surface area contributed by atoms with E-state index in [-0.39, 0.29) is 10.4 Å². The van der Waals surface area contributed by atoms with Gasteiger partial charge in [0.2, 0.25) is 0 Å². The van der Waals surface area contributed by atoms with Crippen molar-refractivity contribution in [3.63, 3.8) is 0 Å². The molecule has 0 radical (unpaired) electrons. The van der Waals surface area contributed by atoms with Crippen LogP contribution in [-0.2, 0) is 5.54 Å². The number of thiophene rings is 1. The van der Waals surface area contributed by atoms with Crippen LogP contribution in [0.5, 0.6) is 0 Å². The molecule has 7 heteroatoms. The van der Waals surface area contributed by atoms with Crippen molar-refractivity contribution in [2.24, 2.45) is 4.99 Å². The minimum absolute atomic E-state index is 0.0694. The molecule has 0 amide bonds. The Morgan fingerprint density at radius 1 is 1.63 bits per heavy atom. The van der Waals surface area contributed by atoms with Gasteiger partial charge in [-0.05, 0) is 35.3 Å². The van der Waals surface area contributed by atoms with Crippen LogP contribution in [0.3, 0.4) is 0 Å². The smallest absolute Gasteiger partial charge is 0.197 e. The summed E-state index contributed by atoms with van der Waals surface area (Å²) in [5.41, 5.74) is -0.333. The van der Waals surface area contributed by atoms with Crippen LogP contribution in [0.4, 0.5) is 0 Å². The number of hydrogen-bond acceptors (Lipinski definition) is 3. The molecule has 2 N–H and O–H groups in total. The summed E-state index contributed by atoms with van der Waals surface area (Å²) >= 11 is 8.98. The highest BCUT2D eigenvalue weighted by Gasteiger charge is 2.46. The molecule has 2 aliphatic heterocycles. The first-order valence-corrected chi connectivity index (χ1v) is 8.68. The average Bonchev–Trinajstić information content (AvgIpc) is 2.84. The Labute approximate surface area is 133 Å². The molecule has 0 aliphatic carbocycles. The van der Waals surface area contributed by atoms with Crippen molar-refractivity contribution in [2.45, 2.75) is 23.7 Å². The minimum atomic E-state index is -0.333. The lowest BCUT2D eigenvalue weighted by Gasteiger charge is -2.47. The van der Waals surface area contributed by atoms with Crippen LogP contribution in [0.15, 0.2) is 20.9 Å². The van der Waals surface area contributed by atoms with Gasteiger partial charge < -0.3 is 5.32 Å². The standard InChI is InChI=1S/C12H14Br2N4S/c1-12(8-5-7(13)6-19-8)9(14)10-16-3-2-4-18(10)11(15)17-12/h5-6,9H,2-4H2,1H3,(H2,15,17)/t9?,12-/m1/s1.